The Kier molecular flexibility index (Phi) is 2.69. The Morgan fingerprint density at radius 2 is 2.00 bits per heavy atom. The van der Waals surface area contributed by atoms with Crippen LogP contribution >= 0.6 is 0 Å². The van der Waals surface area contributed by atoms with E-state index in [2.05, 4.69) is 4.94 Å². The third-order valence-corrected chi connectivity index (χ3v) is 0.0412. The highest BCUT2D eigenvalue weighted by atomic mass is 19.3. The Labute approximate surface area is 22.1 Å². The monoisotopic (exact) mass is 68.0 g/mol. The summed E-state index contributed by atoms with van der Waals surface area (Å²) in [5.41, 5.74) is 0. The molecule has 0 radical (unpaired) electrons. The average molecular weight is 68.0 g/mol. The van der Waals surface area contributed by atoms with Crippen molar-refractivity contribution in [1.82, 2.24) is 0 Å². The molecule has 0 N–H and O–H groups in total. The molecule has 0 aromatic rings. The lowest BCUT2D eigenvalue weighted by molar-refractivity contribution is -0.167. The summed E-state index contributed by atoms with van der Waals surface area (Å²) in [7, 11) is 0. The van der Waals surface area contributed by atoms with Crippen LogP contribution in [-0.2, 0) is 4.94 Å². The van der Waals surface area contributed by atoms with Crippen molar-refractivity contribution in [3.63, 3.8) is 0 Å². The van der Waals surface area contributed by atoms with Crippen LogP contribution in [0, 0.1) is 0 Å². The number of hydrogen-bond donors (Lipinski definition) is 0. The zero-order chi connectivity index (χ0) is 3.41. The summed E-state index contributed by atoms with van der Waals surface area (Å²) in [4.78, 5) is 2.38. The van der Waals surface area contributed by atoms with Crippen molar-refractivity contribution < 1.29 is 13.9 Å². The molecule has 0 aliphatic rings. The van der Waals surface area contributed by atoms with Gasteiger partial charge in [0.25, 0.3) is 0 Å². The summed E-state index contributed by atoms with van der Waals surface area (Å²) in [6.07, 6.45) is 0. The highest BCUT2D eigenvalue weighted by Crippen LogP contribution is 1.67. The van der Waals surface area contributed by atoms with Gasteiger partial charge in [-0.05, 0) is 4.53 Å². The maximum atomic E-state index is 10.1. The van der Waals surface area contributed by atoms with E-state index in [4.69, 9.17) is 0 Å². The lowest BCUT2D eigenvalue weighted by Gasteiger charge is -1.64. The normalized spacial score (nSPS) is 7.50. The number of rotatable bonds is 1. The average Bonchev–Trinajstić information content (AvgIpc) is 1.37. The zero-order valence-electron chi connectivity index (χ0n) is 1.87. The molecule has 0 bridgehead atoms. The van der Waals surface area contributed by atoms with Gasteiger partial charge in [-0.3, -0.25) is 0 Å². The second kappa shape index (κ2) is 2.82. The Morgan fingerprint density at radius 3 is 2.00 bits per heavy atom. The first-order chi connectivity index (χ1) is 1.91. The molecule has 0 aromatic heterocycles. The van der Waals surface area contributed by atoms with Gasteiger partial charge in [0.2, 0.25) is 6.86 Å². The van der Waals surface area contributed by atoms with E-state index < -0.39 is 6.86 Å². The van der Waals surface area contributed by atoms with Crippen molar-refractivity contribution in [2.45, 2.75) is 0 Å². The molecule has 26 valence electrons. The fraction of sp³-hybridized carbons (Fsp3) is 1.00. The van der Waals surface area contributed by atoms with Crippen LogP contribution in [-0.4, -0.2) is 6.86 Å². The van der Waals surface area contributed by atoms with E-state index in [9.17, 15) is 8.92 Å². The minimum absolute atomic E-state index is 1.35. The predicted octanol–water partition coefficient (Wildman–Crippen LogP) is 0.815. The maximum Gasteiger partial charge on any atom is 0.227 e. The van der Waals surface area contributed by atoms with Gasteiger partial charge in [-0.25, -0.2) is 4.39 Å². The van der Waals surface area contributed by atoms with Crippen LogP contribution in [0.1, 0.15) is 0 Å². The fourth-order valence-electron chi connectivity index (χ4n) is 0. The molecule has 4 heavy (non-hydrogen) atoms. The minimum Gasteiger partial charge on any atom is -0.216 e. The van der Waals surface area contributed by atoms with Gasteiger partial charge in [-0.2, -0.15) is 4.94 Å². The van der Waals surface area contributed by atoms with Gasteiger partial charge in [0, 0.05) is 0 Å². The van der Waals surface area contributed by atoms with E-state index in [0.29, 0.717) is 0 Å². The summed E-state index contributed by atoms with van der Waals surface area (Å²) in [5, 5.41) is 0. The molecule has 0 fully saturated rings. The first kappa shape index (κ1) is 3.82. The SMILES string of the molecule is FCOF. The maximum absolute atomic E-state index is 10.1. The van der Waals surface area contributed by atoms with Gasteiger partial charge in [-0.15, -0.1) is 0 Å². The van der Waals surface area contributed by atoms with Crippen molar-refractivity contribution in [3.05, 3.63) is 0 Å². The fourth-order valence-corrected chi connectivity index (χ4v) is 0. The van der Waals surface area contributed by atoms with Crippen molar-refractivity contribution in [1.29, 1.82) is 0 Å². The van der Waals surface area contributed by atoms with Crippen LogP contribution in [0.25, 0.3) is 0 Å². The second-order valence-corrected chi connectivity index (χ2v) is 0.218. The molecule has 0 spiro atoms. The van der Waals surface area contributed by atoms with Gasteiger partial charge < -0.3 is 0 Å². The van der Waals surface area contributed by atoms with E-state index in [0.717, 1.165) is 0 Å². The lowest BCUT2D eigenvalue weighted by Crippen LogP contribution is -1.63. The van der Waals surface area contributed by atoms with Crippen LogP contribution < -0.4 is 0 Å². The topological polar surface area (TPSA) is 9.23 Å². The molecule has 3 heteroatoms. The molecule has 0 aromatic carbocycles. The van der Waals surface area contributed by atoms with Crippen molar-refractivity contribution in [2.75, 3.05) is 6.86 Å². The molecule has 0 saturated heterocycles. The molecule has 1 nitrogen and oxygen atoms in total. The Balaban J connectivity index is 1.97. The van der Waals surface area contributed by atoms with Crippen LogP contribution in [0.4, 0.5) is 8.92 Å². The van der Waals surface area contributed by atoms with Gasteiger partial charge >= 0.3 is 0 Å². The third-order valence-electron chi connectivity index (χ3n) is 0.0412. The van der Waals surface area contributed by atoms with E-state index in [1.54, 1.807) is 0 Å². The Morgan fingerprint density at radius 1 is 1.75 bits per heavy atom. The molecular formula is CH2F2O. The van der Waals surface area contributed by atoms with Crippen LogP contribution in [0.15, 0.2) is 0 Å². The third kappa shape index (κ3) is 1.82. The lowest BCUT2D eigenvalue weighted by atomic mass is 11.6. The van der Waals surface area contributed by atoms with Crippen LogP contribution in [0.3, 0.4) is 0 Å². The van der Waals surface area contributed by atoms with Crippen LogP contribution in [0.2, 0.25) is 0 Å². The largest absolute Gasteiger partial charge is 0.227 e. The summed E-state index contributed by atoms with van der Waals surface area (Å²) < 4.78 is 20.0. The van der Waals surface area contributed by atoms with Gasteiger partial charge in [0.1, 0.15) is 0 Å². The van der Waals surface area contributed by atoms with E-state index in [1.807, 2.05) is 0 Å². The quantitative estimate of drug-likeness (QED) is 0.442. The molecule has 0 atom stereocenters. The second-order valence-electron chi connectivity index (χ2n) is 0.218. The number of alkyl halides is 1. The van der Waals surface area contributed by atoms with E-state index in [1.165, 1.54) is 0 Å². The minimum atomic E-state index is -1.35. The summed E-state index contributed by atoms with van der Waals surface area (Å²) in [6.45, 7) is -1.35. The Hall–Kier alpha value is -0.180. The standard InChI is InChI=1S/CH2F2O/c2-1-4-3/h1H2. The van der Waals surface area contributed by atoms with Crippen LogP contribution in [0.5, 0.6) is 0 Å². The number of hydrogen-bond acceptors (Lipinski definition) is 1. The molecule has 0 heterocycles. The summed E-state index contributed by atoms with van der Waals surface area (Å²) in [5.74, 6) is 0. The van der Waals surface area contributed by atoms with Gasteiger partial charge in [-0.1, -0.05) is 0 Å². The van der Waals surface area contributed by atoms with Crippen molar-refractivity contribution in [2.24, 2.45) is 0 Å². The molecule has 0 amide bonds. The molecule has 0 aliphatic carbocycles. The Bertz CT molecular complexity index is 8.00. The number of halogens is 2. The van der Waals surface area contributed by atoms with E-state index in [-0.39, 0.29) is 0 Å². The smallest absolute Gasteiger partial charge is 0.216 e. The van der Waals surface area contributed by atoms with Gasteiger partial charge in [0.05, 0.1) is 0 Å². The molecule has 0 aliphatic heterocycles. The first-order valence-electron chi connectivity index (χ1n) is 0.710. The zero-order valence-corrected chi connectivity index (χ0v) is 1.87. The highest BCUT2D eigenvalue weighted by Gasteiger charge is 1.62. The van der Waals surface area contributed by atoms with Crippen molar-refractivity contribution >= 4 is 0 Å². The molecular weight excluding hydrogens is 66.0 g/mol. The summed E-state index contributed by atoms with van der Waals surface area (Å²) >= 11 is 0. The summed E-state index contributed by atoms with van der Waals surface area (Å²) in [6, 6.07) is 0. The first-order valence-corrected chi connectivity index (χ1v) is 0.710. The molecule has 0 unspecified atom stereocenters. The highest BCUT2D eigenvalue weighted by molar-refractivity contribution is 3.62. The predicted molar refractivity (Wildman–Crippen MR) is 8.17 cm³/mol. The molecule has 0 rings (SSSR count). The van der Waals surface area contributed by atoms with E-state index >= 15 is 0 Å². The van der Waals surface area contributed by atoms with Gasteiger partial charge in [0.15, 0.2) is 0 Å². The van der Waals surface area contributed by atoms with Crippen molar-refractivity contribution in [3.8, 4) is 0 Å². The molecule has 0 saturated carbocycles.